The zero-order valence-corrected chi connectivity index (χ0v) is 13.6. The Morgan fingerprint density at radius 3 is 2.55 bits per heavy atom. The largest absolute Gasteiger partial charge is 0.425 e. The molecule has 1 fully saturated rings. The van der Waals surface area contributed by atoms with Crippen LogP contribution in [0.15, 0.2) is 22.6 Å². The zero-order chi connectivity index (χ0) is 15.7. The molecule has 7 heteroatoms. The molecule has 0 bridgehead atoms. The quantitative estimate of drug-likeness (QED) is 0.836. The van der Waals surface area contributed by atoms with Gasteiger partial charge in [-0.3, -0.25) is 4.79 Å². The van der Waals surface area contributed by atoms with Gasteiger partial charge >= 0.3 is 0 Å². The number of aryl methyl sites for hydroxylation is 1. The first kappa shape index (κ1) is 15.3. The topological polar surface area (TPSA) is 59.2 Å². The van der Waals surface area contributed by atoms with E-state index in [-0.39, 0.29) is 11.8 Å². The van der Waals surface area contributed by atoms with Crippen molar-refractivity contribution in [2.75, 3.05) is 13.1 Å². The average Bonchev–Trinajstić information content (AvgIpc) is 2.96. The summed E-state index contributed by atoms with van der Waals surface area (Å²) in [5.74, 6) is 1.43. The molecule has 0 saturated carbocycles. The van der Waals surface area contributed by atoms with E-state index >= 15 is 0 Å². The Morgan fingerprint density at radius 2 is 1.95 bits per heavy atom. The highest BCUT2D eigenvalue weighted by molar-refractivity contribution is 6.42. The van der Waals surface area contributed by atoms with Crippen molar-refractivity contribution in [2.45, 2.75) is 25.7 Å². The number of nitrogens with zero attached hydrogens (tertiary/aromatic N) is 3. The van der Waals surface area contributed by atoms with E-state index < -0.39 is 0 Å². The summed E-state index contributed by atoms with van der Waals surface area (Å²) in [6.45, 7) is 3.09. The fraction of sp³-hybridized carbons (Fsp3) is 0.400. The van der Waals surface area contributed by atoms with Crippen LogP contribution in [-0.4, -0.2) is 34.1 Å². The second-order valence-electron chi connectivity index (χ2n) is 5.35. The van der Waals surface area contributed by atoms with E-state index in [2.05, 4.69) is 10.2 Å². The van der Waals surface area contributed by atoms with Crippen LogP contribution < -0.4 is 0 Å². The highest BCUT2D eigenvalue weighted by Crippen LogP contribution is 2.28. The van der Waals surface area contributed by atoms with Gasteiger partial charge in [-0.25, -0.2) is 0 Å². The first-order valence-corrected chi connectivity index (χ1v) is 7.84. The molecule has 0 aliphatic carbocycles. The molecule has 1 aliphatic rings. The van der Waals surface area contributed by atoms with E-state index in [0.717, 1.165) is 12.8 Å². The van der Waals surface area contributed by atoms with Crippen LogP contribution in [0.3, 0.4) is 0 Å². The number of benzene rings is 1. The lowest BCUT2D eigenvalue weighted by Gasteiger charge is -2.30. The maximum absolute atomic E-state index is 12.5. The van der Waals surface area contributed by atoms with Gasteiger partial charge in [-0.05, 0) is 31.0 Å². The lowest BCUT2D eigenvalue weighted by atomic mass is 9.96. The van der Waals surface area contributed by atoms with Gasteiger partial charge in [0.1, 0.15) is 0 Å². The van der Waals surface area contributed by atoms with Crippen LogP contribution in [0.1, 0.15) is 40.9 Å². The van der Waals surface area contributed by atoms with Crippen LogP contribution in [0, 0.1) is 6.92 Å². The van der Waals surface area contributed by atoms with E-state index in [1.807, 2.05) is 4.90 Å². The Labute approximate surface area is 138 Å². The van der Waals surface area contributed by atoms with Crippen molar-refractivity contribution >= 4 is 29.1 Å². The van der Waals surface area contributed by atoms with Crippen molar-refractivity contribution in [1.29, 1.82) is 0 Å². The molecule has 1 amide bonds. The fourth-order valence-corrected chi connectivity index (χ4v) is 2.92. The smallest absolute Gasteiger partial charge is 0.253 e. The van der Waals surface area contributed by atoms with E-state index in [0.29, 0.717) is 40.5 Å². The first-order valence-electron chi connectivity index (χ1n) is 7.09. The molecule has 0 N–H and O–H groups in total. The third-order valence-corrected chi connectivity index (χ3v) is 4.58. The minimum absolute atomic E-state index is 0.0290. The monoisotopic (exact) mass is 339 g/mol. The molecule has 22 heavy (non-hydrogen) atoms. The fourth-order valence-electron chi connectivity index (χ4n) is 2.62. The molecule has 0 atom stereocenters. The number of hydrogen-bond acceptors (Lipinski definition) is 4. The Bertz CT molecular complexity index is 694. The molecule has 2 aromatic rings. The molecule has 0 radical (unpaired) electrons. The number of hydrogen-bond donors (Lipinski definition) is 0. The van der Waals surface area contributed by atoms with Gasteiger partial charge in [-0.1, -0.05) is 23.2 Å². The number of piperidine rings is 1. The number of likely N-dealkylation sites (tertiary alicyclic amines) is 1. The molecule has 1 aromatic carbocycles. The van der Waals surface area contributed by atoms with Gasteiger partial charge in [0.15, 0.2) is 0 Å². The van der Waals surface area contributed by atoms with Crippen molar-refractivity contribution in [1.82, 2.24) is 15.1 Å². The van der Waals surface area contributed by atoms with E-state index in [9.17, 15) is 4.79 Å². The molecule has 5 nitrogen and oxygen atoms in total. The van der Waals surface area contributed by atoms with Crippen molar-refractivity contribution in [2.24, 2.45) is 0 Å². The summed E-state index contributed by atoms with van der Waals surface area (Å²) in [6.07, 6.45) is 1.63. The van der Waals surface area contributed by atoms with Gasteiger partial charge in [0.2, 0.25) is 11.8 Å². The molecule has 2 heterocycles. The van der Waals surface area contributed by atoms with Crippen LogP contribution >= 0.6 is 23.2 Å². The van der Waals surface area contributed by atoms with Crippen LogP contribution in [0.25, 0.3) is 0 Å². The standard InChI is InChI=1S/C15H15Cl2N3O2/c1-9-18-19-14(22-9)10-4-6-20(7-5-10)15(21)11-2-3-12(16)13(17)8-11/h2-3,8,10H,4-7H2,1H3. The predicted molar refractivity (Wildman–Crippen MR) is 83.4 cm³/mol. The summed E-state index contributed by atoms with van der Waals surface area (Å²) in [5, 5.41) is 8.76. The summed E-state index contributed by atoms with van der Waals surface area (Å²) in [7, 11) is 0. The minimum Gasteiger partial charge on any atom is -0.425 e. The van der Waals surface area contributed by atoms with Gasteiger partial charge in [-0.2, -0.15) is 0 Å². The van der Waals surface area contributed by atoms with E-state index in [4.69, 9.17) is 27.6 Å². The third kappa shape index (κ3) is 3.10. The molecule has 0 spiro atoms. The van der Waals surface area contributed by atoms with Gasteiger partial charge in [0.05, 0.1) is 10.0 Å². The maximum Gasteiger partial charge on any atom is 0.253 e. The van der Waals surface area contributed by atoms with Crippen molar-refractivity contribution in [3.63, 3.8) is 0 Å². The predicted octanol–water partition coefficient (Wildman–Crippen LogP) is 3.70. The van der Waals surface area contributed by atoms with Crippen LogP contribution in [0.4, 0.5) is 0 Å². The zero-order valence-electron chi connectivity index (χ0n) is 12.1. The summed E-state index contributed by atoms with van der Waals surface area (Å²) in [5.41, 5.74) is 0.557. The Morgan fingerprint density at radius 1 is 1.23 bits per heavy atom. The van der Waals surface area contributed by atoms with Crippen molar-refractivity contribution in [3.05, 3.63) is 45.6 Å². The second-order valence-corrected chi connectivity index (χ2v) is 6.17. The lowest BCUT2D eigenvalue weighted by Crippen LogP contribution is -2.38. The lowest BCUT2D eigenvalue weighted by molar-refractivity contribution is 0.0706. The Kier molecular flexibility index (Phi) is 4.36. The van der Waals surface area contributed by atoms with Crippen LogP contribution in [0.2, 0.25) is 10.0 Å². The molecule has 0 unspecified atom stereocenters. The average molecular weight is 340 g/mol. The molecule has 3 rings (SSSR count). The minimum atomic E-state index is -0.0290. The number of halogens is 2. The molecular weight excluding hydrogens is 325 g/mol. The number of carbonyl (C=O) groups is 1. The van der Waals surface area contributed by atoms with Crippen molar-refractivity contribution < 1.29 is 9.21 Å². The van der Waals surface area contributed by atoms with E-state index in [1.54, 1.807) is 25.1 Å². The highest BCUT2D eigenvalue weighted by atomic mass is 35.5. The van der Waals surface area contributed by atoms with E-state index in [1.165, 1.54) is 0 Å². The SMILES string of the molecule is Cc1nnc(C2CCN(C(=O)c3ccc(Cl)c(Cl)c3)CC2)o1. The van der Waals surface area contributed by atoms with Crippen molar-refractivity contribution in [3.8, 4) is 0 Å². The Hall–Kier alpha value is -1.59. The molecule has 1 aromatic heterocycles. The second kappa shape index (κ2) is 6.26. The maximum atomic E-state index is 12.5. The van der Waals surface area contributed by atoms with Gasteiger partial charge in [-0.15, -0.1) is 10.2 Å². The van der Waals surface area contributed by atoms with Crippen LogP contribution in [-0.2, 0) is 0 Å². The normalized spacial score (nSPS) is 16.0. The summed E-state index contributed by atoms with van der Waals surface area (Å²) in [6, 6.07) is 4.95. The Balaban J connectivity index is 1.65. The van der Waals surface area contributed by atoms with Gasteiger partial charge in [0.25, 0.3) is 5.91 Å². The third-order valence-electron chi connectivity index (χ3n) is 3.84. The van der Waals surface area contributed by atoms with Gasteiger partial charge < -0.3 is 9.32 Å². The number of rotatable bonds is 2. The molecule has 116 valence electrons. The number of amides is 1. The van der Waals surface area contributed by atoms with Gasteiger partial charge in [0, 0.05) is 31.5 Å². The summed E-state index contributed by atoms with van der Waals surface area (Å²) >= 11 is 11.9. The first-order chi connectivity index (χ1) is 10.5. The molecule has 1 saturated heterocycles. The summed E-state index contributed by atoms with van der Waals surface area (Å²) in [4.78, 5) is 14.3. The van der Waals surface area contributed by atoms with Crippen LogP contribution in [0.5, 0.6) is 0 Å². The summed E-state index contributed by atoms with van der Waals surface area (Å²) < 4.78 is 5.47. The number of aromatic nitrogens is 2. The highest BCUT2D eigenvalue weighted by Gasteiger charge is 2.27. The molecule has 1 aliphatic heterocycles. The number of carbonyl (C=O) groups excluding carboxylic acids is 1. The molecular formula is C15H15Cl2N3O2.